The first-order chi connectivity index (χ1) is 12.5. The average Bonchev–Trinajstić information content (AvgIpc) is 2.96. The van der Waals surface area contributed by atoms with Gasteiger partial charge in [-0.3, -0.25) is 4.79 Å². The average molecular weight is 355 g/mol. The van der Waals surface area contributed by atoms with Gasteiger partial charge in [-0.05, 0) is 48.5 Å². The van der Waals surface area contributed by atoms with Crippen molar-refractivity contribution in [2.75, 3.05) is 6.61 Å². The van der Waals surface area contributed by atoms with E-state index in [1.54, 1.807) is 48.5 Å². The fourth-order valence-electron chi connectivity index (χ4n) is 2.64. The summed E-state index contributed by atoms with van der Waals surface area (Å²) in [5.74, 6) is 0.144. The highest BCUT2D eigenvalue weighted by Gasteiger charge is 2.43. The van der Waals surface area contributed by atoms with Gasteiger partial charge in [-0.2, -0.15) is 5.26 Å². The molecular weight excluding hydrogens is 338 g/mol. The molecule has 3 N–H and O–H groups in total. The molecule has 0 bridgehead atoms. The van der Waals surface area contributed by atoms with E-state index in [0.29, 0.717) is 22.4 Å². The van der Waals surface area contributed by atoms with Crippen molar-refractivity contribution < 1.29 is 29.6 Å². The van der Waals surface area contributed by atoms with E-state index in [2.05, 4.69) is 0 Å². The SMILES string of the molecule is N#Cc1ccc(C(=O)c2ccc(O[C@H]3O[C@H](CO)[C@H](O)[C@H]3O)cc2)cc1. The van der Waals surface area contributed by atoms with Crippen LogP contribution < -0.4 is 4.74 Å². The minimum atomic E-state index is -1.29. The third-order valence-corrected chi connectivity index (χ3v) is 4.14. The molecule has 1 saturated heterocycles. The number of nitrogens with zero attached hydrogens (tertiary/aromatic N) is 1. The number of benzene rings is 2. The van der Waals surface area contributed by atoms with Crippen molar-refractivity contribution in [2.24, 2.45) is 0 Å². The first kappa shape index (κ1) is 18.0. The number of hydrogen-bond acceptors (Lipinski definition) is 7. The van der Waals surface area contributed by atoms with Gasteiger partial charge in [0.15, 0.2) is 5.78 Å². The summed E-state index contributed by atoms with van der Waals surface area (Å²) >= 11 is 0. The van der Waals surface area contributed by atoms with Crippen molar-refractivity contribution >= 4 is 5.78 Å². The highest BCUT2D eigenvalue weighted by atomic mass is 16.7. The van der Waals surface area contributed by atoms with Gasteiger partial charge in [0.2, 0.25) is 6.29 Å². The predicted octanol–water partition coefficient (Wildman–Crippen LogP) is 0.607. The number of carbonyl (C=O) groups excluding carboxylic acids is 1. The first-order valence-corrected chi connectivity index (χ1v) is 7.97. The van der Waals surface area contributed by atoms with Crippen molar-refractivity contribution in [1.82, 2.24) is 0 Å². The molecule has 0 radical (unpaired) electrons. The molecule has 1 aliphatic heterocycles. The highest BCUT2D eigenvalue weighted by Crippen LogP contribution is 2.25. The molecule has 0 saturated carbocycles. The largest absolute Gasteiger partial charge is 0.462 e. The zero-order valence-electron chi connectivity index (χ0n) is 13.6. The minimum Gasteiger partial charge on any atom is -0.462 e. The van der Waals surface area contributed by atoms with E-state index in [0.717, 1.165) is 0 Å². The molecule has 0 unspecified atom stereocenters. The molecule has 0 amide bonds. The van der Waals surface area contributed by atoms with Crippen LogP contribution in [0.25, 0.3) is 0 Å². The molecule has 26 heavy (non-hydrogen) atoms. The number of ketones is 1. The second-order valence-corrected chi connectivity index (χ2v) is 5.87. The predicted molar refractivity (Wildman–Crippen MR) is 89.4 cm³/mol. The Morgan fingerprint density at radius 2 is 1.62 bits per heavy atom. The number of nitriles is 1. The fourth-order valence-corrected chi connectivity index (χ4v) is 2.64. The Labute approximate surface area is 149 Å². The van der Waals surface area contributed by atoms with Crippen molar-refractivity contribution in [3.63, 3.8) is 0 Å². The third-order valence-electron chi connectivity index (χ3n) is 4.14. The number of ether oxygens (including phenoxy) is 2. The van der Waals surface area contributed by atoms with Gasteiger partial charge in [-0.1, -0.05) is 0 Å². The molecule has 0 aromatic heterocycles. The van der Waals surface area contributed by atoms with E-state index in [1.807, 2.05) is 6.07 Å². The maximum atomic E-state index is 12.4. The molecule has 4 atom stereocenters. The first-order valence-electron chi connectivity index (χ1n) is 7.97. The van der Waals surface area contributed by atoms with Gasteiger partial charge in [-0.25, -0.2) is 0 Å². The quantitative estimate of drug-likeness (QED) is 0.672. The lowest BCUT2D eigenvalue weighted by Crippen LogP contribution is -2.35. The zero-order chi connectivity index (χ0) is 18.7. The lowest BCUT2D eigenvalue weighted by atomic mass is 10.0. The van der Waals surface area contributed by atoms with Crippen molar-refractivity contribution in [1.29, 1.82) is 5.26 Å². The van der Waals surface area contributed by atoms with E-state index < -0.39 is 31.2 Å². The Morgan fingerprint density at radius 3 is 2.12 bits per heavy atom. The van der Waals surface area contributed by atoms with Crippen molar-refractivity contribution in [2.45, 2.75) is 24.6 Å². The van der Waals surface area contributed by atoms with Crippen molar-refractivity contribution in [3.8, 4) is 11.8 Å². The Bertz CT molecular complexity index is 811. The maximum absolute atomic E-state index is 12.4. The summed E-state index contributed by atoms with van der Waals surface area (Å²) in [6, 6.07) is 14.5. The Balaban J connectivity index is 1.68. The molecule has 2 aromatic carbocycles. The molecule has 2 aromatic rings. The molecule has 0 aliphatic carbocycles. The molecule has 7 heteroatoms. The molecule has 1 fully saturated rings. The second-order valence-electron chi connectivity index (χ2n) is 5.87. The molecule has 1 aliphatic rings. The molecule has 7 nitrogen and oxygen atoms in total. The van der Waals surface area contributed by atoms with E-state index in [1.165, 1.54) is 0 Å². The summed E-state index contributed by atoms with van der Waals surface area (Å²) in [6.45, 7) is -0.434. The summed E-state index contributed by atoms with van der Waals surface area (Å²) in [6.07, 6.45) is -4.54. The van der Waals surface area contributed by atoms with Gasteiger partial charge in [0.25, 0.3) is 0 Å². The second kappa shape index (κ2) is 7.64. The molecule has 134 valence electrons. The minimum absolute atomic E-state index is 0.200. The van der Waals surface area contributed by atoms with Crippen molar-refractivity contribution in [3.05, 3.63) is 65.2 Å². The van der Waals surface area contributed by atoms with Gasteiger partial charge < -0.3 is 24.8 Å². The third kappa shape index (κ3) is 3.59. The molecule has 1 heterocycles. The number of hydrogen-bond donors (Lipinski definition) is 3. The van der Waals surface area contributed by atoms with E-state index in [-0.39, 0.29) is 5.78 Å². The van der Waals surface area contributed by atoms with Crippen LogP contribution >= 0.6 is 0 Å². The Hall–Kier alpha value is -2.76. The van der Waals surface area contributed by atoms with Crippen LogP contribution in [0, 0.1) is 11.3 Å². The molecular formula is C19H17NO6. The van der Waals surface area contributed by atoms with Crippen LogP contribution in [0.5, 0.6) is 5.75 Å². The zero-order valence-corrected chi connectivity index (χ0v) is 13.6. The van der Waals surface area contributed by atoms with Crippen LogP contribution in [-0.4, -0.2) is 52.3 Å². The Kier molecular flexibility index (Phi) is 5.30. The normalized spacial score (nSPS) is 24.8. The summed E-state index contributed by atoms with van der Waals surface area (Å²) < 4.78 is 10.7. The molecule has 3 rings (SSSR count). The number of aliphatic hydroxyl groups is 3. The summed E-state index contributed by atoms with van der Waals surface area (Å²) in [5, 5.41) is 37.4. The molecule has 0 spiro atoms. The van der Waals surface area contributed by atoms with Crippen LogP contribution in [0.15, 0.2) is 48.5 Å². The lowest BCUT2D eigenvalue weighted by molar-refractivity contribution is -0.116. The van der Waals surface area contributed by atoms with Gasteiger partial charge in [0.1, 0.15) is 24.1 Å². The number of aliphatic hydroxyl groups excluding tert-OH is 3. The van der Waals surface area contributed by atoms with E-state index in [4.69, 9.17) is 19.8 Å². The topological polar surface area (TPSA) is 120 Å². The highest BCUT2D eigenvalue weighted by molar-refractivity contribution is 6.09. The summed E-state index contributed by atoms with van der Waals surface area (Å²) in [7, 11) is 0. The number of rotatable bonds is 5. The van der Waals surface area contributed by atoms with Gasteiger partial charge in [0.05, 0.1) is 18.2 Å². The van der Waals surface area contributed by atoms with Crippen LogP contribution in [0.1, 0.15) is 21.5 Å². The van der Waals surface area contributed by atoms with Crippen LogP contribution in [0.2, 0.25) is 0 Å². The maximum Gasteiger partial charge on any atom is 0.229 e. The standard InChI is InChI=1S/C19H17NO6/c20-9-11-1-3-12(4-2-11)16(22)13-5-7-14(8-6-13)25-19-18(24)17(23)15(10-21)26-19/h1-8,15,17-19,21,23-24H,10H2/t15-,17+,18-,19+/m1/s1. The van der Waals surface area contributed by atoms with E-state index >= 15 is 0 Å². The van der Waals surface area contributed by atoms with Crippen LogP contribution in [0.3, 0.4) is 0 Å². The fraction of sp³-hybridized carbons (Fsp3) is 0.263. The summed E-state index contributed by atoms with van der Waals surface area (Å²) in [5.41, 5.74) is 1.37. The number of carbonyl (C=O) groups is 1. The van der Waals surface area contributed by atoms with E-state index in [9.17, 15) is 15.0 Å². The van der Waals surface area contributed by atoms with Crippen LogP contribution in [-0.2, 0) is 4.74 Å². The lowest BCUT2D eigenvalue weighted by Gasteiger charge is -2.16. The van der Waals surface area contributed by atoms with Gasteiger partial charge in [-0.15, -0.1) is 0 Å². The van der Waals surface area contributed by atoms with Gasteiger partial charge in [0, 0.05) is 11.1 Å². The smallest absolute Gasteiger partial charge is 0.229 e. The van der Waals surface area contributed by atoms with Gasteiger partial charge >= 0.3 is 0 Å². The monoisotopic (exact) mass is 355 g/mol. The Morgan fingerprint density at radius 1 is 1.04 bits per heavy atom. The van der Waals surface area contributed by atoms with Crippen LogP contribution in [0.4, 0.5) is 0 Å². The summed E-state index contributed by atoms with van der Waals surface area (Å²) in [4.78, 5) is 12.4.